The van der Waals surface area contributed by atoms with E-state index in [1.54, 1.807) is 26.0 Å². The molecule has 0 atom stereocenters. The minimum atomic E-state index is -0.687. The molecule has 0 spiro atoms. The van der Waals surface area contributed by atoms with Gasteiger partial charge in [0.05, 0.1) is 18.4 Å². The zero-order valence-electron chi connectivity index (χ0n) is 13.0. The van der Waals surface area contributed by atoms with Gasteiger partial charge in [-0.2, -0.15) is 0 Å². The van der Waals surface area contributed by atoms with E-state index >= 15 is 0 Å². The maximum absolute atomic E-state index is 12.2. The second-order valence-corrected chi connectivity index (χ2v) is 4.83. The summed E-state index contributed by atoms with van der Waals surface area (Å²) < 4.78 is 9.63. The zero-order valence-corrected chi connectivity index (χ0v) is 13.0. The first kappa shape index (κ1) is 16.4. The number of nitrogens with one attached hydrogen (secondary N) is 1. The van der Waals surface area contributed by atoms with E-state index in [0.717, 1.165) is 0 Å². The van der Waals surface area contributed by atoms with Crippen molar-refractivity contribution < 1.29 is 23.9 Å². The van der Waals surface area contributed by atoms with E-state index in [2.05, 4.69) is 14.7 Å². The molecular formula is C16H16N2O5. The fourth-order valence-electron chi connectivity index (χ4n) is 2.20. The number of ketones is 1. The van der Waals surface area contributed by atoms with Crippen molar-refractivity contribution in [2.45, 2.75) is 13.8 Å². The van der Waals surface area contributed by atoms with Gasteiger partial charge in [-0.15, -0.1) is 0 Å². The Kier molecular flexibility index (Phi) is 4.90. The molecule has 2 heterocycles. The number of H-pyrrole nitrogens is 1. The Bertz CT molecular complexity index is 749. The van der Waals surface area contributed by atoms with Crippen LogP contribution in [-0.2, 0) is 9.47 Å². The standard InChI is InChI=1S/C16H16N2O5/c1-9-13(16(21)22-3)10(2)18-14(9)12(19)8-23-15(20)11-6-4-5-7-17-11/h4-7,18H,8H2,1-3H3. The highest BCUT2D eigenvalue weighted by Gasteiger charge is 2.23. The fraction of sp³-hybridized carbons (Fsp3) is 0.250. The Balaban J connectivity index is 2.10. The number of aromatic nitrogens is 2. The number of carbonyl (C=O) groups excluding carboxylic acids is 3. The van der Waals surface area contributed by atoms with Crippen LogP contribution in [-0.4, -0.2) is 41.4 Å². The van der Waals surface area contributed by atoms with Crippen molar-refractivity contribution in [1.29, 1.82) is 0 Å². The van der Waals surface area contributed by atoms with Crippen LogP contribution in [0.25, 0.3) is 0 Å². The van der Waals surface area contributed by atoms with Gasteiger partial charge in [-0.3, -0.25) is 4.79 Å². The van der Waals surface area contributed by atoms with E-state index in [1.165, 1.54) is 19.4 Å². The number of carbonyl (C=O) groups is 3. The number of rotatable bonds is 5. The van der Waals surface area contributed by atoms with Crippen molar-refractivity contribution in [2.75, 3.05) is 13.7 Å². The lowest BCUT2D eigenvalue weighted by Gasteiger charge is -2.04. The van der Waals surface area contributed by atoms with E-state index in [4.69, 9.17) is 4.74 Å². The number of esters is 2. The lowest BCUT2D eigenvalue weighted by molar-refractivity contribution is 0.0467. The molecule has 120 valence electrons. The molecule has 2 aromatic rings. The Labute approximate surface area is 132 Å². The monoisotopic (exact) mass is 316 g/mol. The molecule has 0 bridgehead atoms. The van der Waals surface area contributed by atoms with Crippen LogP contribution < -0.4 is 0 Å². The number of ether oxygens (including phenoxy) is 2. The van der Waals surface area contributed by atoms with Gasteiger partial charge in [-0.25, -0.2) is 14.6 Å². The van der Waals surface area contributed by atoms with Crippen LogP contribution in [0.15, 0.2) is 24.4 Å². The highest BCUT2D eigenvalue weighted by Crippen LogP contribution is 2.19. The van der Waals surface area contributed by atoms with Gasteiger partial charge >= 0.3 is 11.9 Å². The van der Waals surface area contributed by atoms with Crippen LogP contribution in [0, 0.1) is 13.8 Å². The smallest absolute Gasteiger partial charge is 0.357 e. The van der Waals surface area contributed by atoms with Crippen molar-refractivity contribution in [2.24, 2.45) is 0 Å². The van der Waals surface area contributed by atoms with Crippen LogP contribution in [0.2, 0.25) is 0 Å². The van der Waals surface area contributed by atoms with Crippen LogP contribution in [0.3, 0.4) is 0 Å². The summed E-state index contributed by atoms with van der Waals surface area (Å²) in [6.45, 7) is 2.84. The SMILES string of the molecule is COC(=O)c1c(C)[nH]c(C(=O)COC(=O)c2ccccn2)c1C. The summed E-state index contributed by atoms with van der Waals surface area (Å²) in [5.41, 5.74) is 1.64. The molecule has 2 rings (SSSR count). The second kappa shape index (κ2) is 6.87. The van der Waals surface area contributed by atoms with E-state index < -0.39 is 24.3 Å². The number of hydrogen-bond acceptors (Lipinski definition) is 6. The number of hydrogen-bond donors (Lipinski definition) is 1. The number of pyridine rings is 1. The summed E-state index contributed by atoms with van der Waals surface area (Å²) in [7, 11) is 1.27. The summed E-state index contributed by atoms with van der Waals surface area (Å²) in [4.78, 5) is 42.3. The van der Waals surface area contributed by atoms with Crippen molar-refractivity contribution in [1.82, 2.24) is 9.97 Å². The molecule has 23 heavy (non-hydrogen) atoms. The number of nitrogens with zero attached hydrogens (tertiary/aromatic N) is 1. The first-order chi connectivity index (χ1) is 11.0. The molecule has 0 aliphatic carbocycles. The minimum absolute atomic E-state index is 0.120. The highest BCUT2D eigenvalue weighted by atomic mass is 16.5. The van der Waals surface area contributed by atoms with Crippen molar-refractivity contribution >= 4 is 17.7 Å². The van der Waals surface area contributed by atoms with Crippen LogP contribution in [0.4, 0.5) is 0 Å². The quantitative estimate of drug-likeness (QED) is 0.667. The van der Waals surface area contributed by atoms with E-state index in [1.807, 2.05) is 0 Å². The molecule has 2 aromatic heterocycles. The number of aryl methyl sites for hydroxylation is 1. The van der Waals surface area contributed by atoms with Gasteiger partial charge in [-0.05, 0) is 31.5 Å². The first-order valence-corrected chi connectivity index (χ1v) is 6.84. The normalized spacial score (nSPS) is 10.2. The molecule has 7 heteroatoms. The fourth-order valence-corrected chi connectivity index (χ4v) is 2.20. The Morgan fingerprint density at radius 2 is 1.91 bits per heavy atom. The minimum Gasteiger partial charge on any atom is -0.465 e. The van der Waals surface area contributed by atoms with Gasteiger partial charge in [-0.1, -0.05) is 6.07 Å². The van der Waals surface area contributed by atoms with Gasteiger partial charge < -0.3 is 14.5 Å². The molecular weight excluding hydrogens is 300 g/mol. The summed E-state index contributed by atoms with van der Waals surface area (Å²) in [6.07, 6.45) is 1.46. The third-order valence-corrected chi connectivity index (χ3v) is 3.31. The van der Waals surface area contributed by atoms with E-state index in [-0.39, 0.29) is 11.4 Å². The summed E-state index contributed by atoms with van der Waals surface area (Å²) in [6, 6.07) is 4.81. The number of Topliss-reactive ketones (excluding diaryl/α,β-unsaturated/α-hetero) is 1. The molecule has 0 unspecified atom stereocenters. The molecule has 0 saturated heterocycles. The maximum Gasteiger partial charge on any atom is 0.357 e. The van der Waals surface area contributed by atoms with Crippen molar-refractivity contribution in [3.05, 3.63) is 52.6 Å². The lowest BCUT2D eigenvalue weighted by Crippen LogP contribution is -2.16. The third kappa shape index (κ3) is 3.45. The van der Waals surface area contributed by atoms with Crippen LogP contribution >= 0.6 is 0 Å². The highest BCUT2D eigenvalue weighted by molar-refractivity contribution is 6.03. The average molecular weight is 316 g/mol. The van der Waals surface area contributed by atoms with Gasteiger partial charge in [0.25, 0.3) is 0 Å². The third-order valence-electron chi connectivity index (χ3n) is 3.31. The predicted octanol–water partition coefficient (Wildman–Crippen LogP) is 1.85. The first-order valence-electron chi connectivity index (χ1n) is 6.84. The number of aromatic amines is 1. The summed E-state index contributed by atoms with van der Waals surface area (Å²) >= 11 is 0. The molecule has 0 saturated carbocycles. The molecule has 0 aliphatic heterocycles. The van der Waals surface area contributed by atoms with Gasteiger partial charge in [0.2, 0.25) is 5.78 Å². The molecule has 7 nitrogen and oxygen atoms in total. The second-order valence-electron chi connectivity index (χ2n) is 4.83. The van der Waals surface area contributed by atoms with Gasteiger partial charge in [0.15, 0.2) is 6.61 Å². The maximum atomic E-state index is 12.2. The molecule has 0 aliphatic rings. The molecule has 0 radical (unpaired) electrons. The molecule has 0 aromatic carbocycles. The van der Waals surface area contributed by atoms with E-state index in [9.17, 15) is 14.4 Å². The molecule has 0 fully saturated rings. The molecule has 1 N–H and O–H groups in total. The zero-order chi connectivity index (χ0) is 17.0. The van der Waals surface area contributed by atoms with Crippen LogP contribution in [0.5, 0.6) is 0 Å². The Morgan fingerprint density at radius 1 is 1.17 bits per heavy atom. The summed E-state index contributed by atoms with van der Waals surface area (Å²) in [5.74, 6) is -1.65. The van der Waals surface area contributed by atoms with Crippen LogP contribution in [0.1, 0.15) is 42.6 Å². The van der Waals surface area contributed by atoms with Gasteiger partial charge in [0.1, 0.15) is 5.69 Å². The Morgan fingerprint density at radius 3 is 2.52 bits per heavy atom. The lowest BCUT2D eigenvalue weighted by atomic mass is 10.1. The van der Waals surface area contributed by atoms with Crippen molar-refractivity contribution in [3.63, 3.8) is 0 Å². The van der Waals surface area contributed by atoms with E-state index in [0.29, 0.717) is 16.8 Å². The largest absolute Gasteiger partial charge is 0.465 e. The topological polar surface area (TPSA) is 98.4 Å². The molecule has 0 amide bonds. The van der Waals surface area contributed by atoms with Gasteiger partial charge in [0, 0.05) is 11.9 Å². The average Bonchev–Trinajstić information content (AvgIpc) is 2.87. The summed E-state index contributed by atoms with van der Waals surface area (Å²) in [5, 5.41) is 0. The Hall–Kier alpha value is -2.96. The van der Waals surface area contributed by atoms with Crippen molar-refractivity contribution in [3.8, 4) is 0 Å². The predicted molar refractivity (Wildman–Crippen MR) is 80.5 cm³/mol. The number of methoxy groups -OCH3 is 1.